The van der Waals surface area contributed by atoms with Gasteiger partial charge in [-0.15, -0.1) is 0 Å². The monoisotopic (exact) mass is 220 g/mol. The summed E-state index contributed by atoms with van der Waals surface area (Å²) in [6, 6.07) is -0.957. The van der Waals surface area contributed by atoms with E-state index >= 15 is 0 Å². The van der Waals surface area contributed by atoms with Gasteiger partial charge in [-0.25, -0.2) is 0 Å². The second kappa shape index (κ2) is 6.67. The minimum atomic E-state index is -1.06. The Kier molecular flexibility index (Phi) is 6.31. The molecule has 0 saturated carbocycles. The molecule has 0 radical (unpaired) electrons. The fourth-order valence-electron chi connectivity index (χ4n) is 0.740. The molecule has 0 aromatic heterocycles. The second-order valence-electron chi connectivity index (χ2n) is 3.00. The van der Waals surface area contributed by atoms with Gasteiger partial charge in [0.2, 0.25) is 5.91 Å². The van der Waals surface area contributed by atoms with Crippen molar-refractivity contribution in [3.8, 4) is 0 Å². The number of nitrogens with two attached hydrogens (primary N) is 1. The zero-order valence-electron chi connectivity index (χ0n) is 8.32. The average Bonchev–Trinajstić information content (AvgIpc) is 2.12. The van der Waals surface area contributed by atoms with Crippen molar-refractivity contribution in [3.63, 3.8) is 0 Å². The van der Waals surface area contributed by atoms with Crippen molar-refractivity contribution in [1.82, 2.24) is 5.32 Å². The Morgan fingerprint density at radius 2 is 2.14 bits per heavy atom. The molecule has 0 aliphatic heterocycles. The molecule has 0 bridgehead atoms. The normalized spacial score (nSPS) is 14.5. The van der Waals surface area contributed by atoms with Crippen molar-refractivity contribution >= 4 is 23.6 Å². The van der Waals surface area contributed by atoms with Crippen LogP contribution < -0.4 is 11.1 Å². The Morgan fingerprint density at radius 1 is 1.57 bits per heavy atom. The molecule has 4 N–H and O–H groups in total. The summed E-state index contributed by atoms with van der Waals surface area (Å²) in [7, 11) is 0. The maximum absolute atomic E-state index is 11.2. The molecule has 0 rings (SSSR count). The van der Waals surface area contributed by atoms with Gasteiger partial charge in [-0.3, -0.25) is 9.59 Å². The van der Waals surface area contributed by atoms with Gasteiger partial charge in [-0.1, -0.05) is 6.92 Å². The van der Waals surface area contributed by atoms with Gasteiger partial charge in [-0.05, 0) is 6.26 Å². The SMILES string of the molecule is CSC(C)CNC(=O)C(N)CC(=O)O. The first-order valence-electron chi connectivity index (χ1n) is 4.25. The molecule has 0 fully saturated rings. The van der Waals surface area contributed by atoms with E-state index in [1.165, 1.54) is 0 Å². The van der Waals surface area contributed by atoms with E-state index in [0.717, 1.165) is 0 Å². The van der Waals surface area contributed by atoms with E-state index < -0.39 is 17.9 Å². The number of nitrogens with one attached hydrogen (secondary N) is 1. The molecule has 14 heavy (non-hydrogen) atoms. The molecule has 0 aromatic rings. The summed E-state index contributed by atoms with van der Waals surface area (Å²) in [6.07, 6.45) is 1.60. The van der Waals surface area contributed by atoms with Gasteiger partial charge in [0.15, 0.2) is 0 Å². The first-order valence-corrected chi connectivity index (χ1v) is 5.54. The molecule has 5 nitrogen and oxygen atoms in total. The lowest BCUT2D eigenvalue weighted by atomic mass is 10.2. The van der Waals surface area contributed by atoms with Crippen LogP contribution in [0.3, 0.4) is 0 Å². The standard InChI is InChI=1S/C8H16N2O3S/c1-5(14-2)4-10-8(13)6(9)3-7(11)12/h5-6H,3-4,9H2,1-2H3,(H,10,13)(H,11,12). The Morgan fingerprint density at radius 3 is 2.57 bits per heavy atom. The van der Waals surface area contributed by atoms with Crippen molar-refractivity contribution in [2.24, 2.45) is 5.73 Å². The quantitative estimate of drug-likeness (QED) is 0.569. The number of carbonyl (C=O) groups excluding carboxylic acids is 1. The molecule has 1 amide bonds. The number of hydrogen-bond donors (Lipinski definition) is 3. The number of carboxylic acids is 1. The van der Waals surface area contributed by atoms with E-state index in [2.05, 4.69) is 5.32 Å². The highest BCUT2D eigenvalue weighted by Gasteiger charge is 2.16. The highest BCUT2D eigenvalue weighted by molar-refractivity contribution is 7.99. The summed E-state index contributed by atoms with van der Waals surface area (Å²) >= 11 is 1.62. The van der Waals surface area contributed by atoms with Crippen LogP contribution in [0.1, 0.15) is 13.3 Å². The van der Waals surface area contributed by atoms with E-state index in [4.69, 9.17) is 10.8 Å². The molecule has 0 saturated heterocycles. The number of hydrogen-bond acceptors (Lipinski definition) is 4. The van der Waals surface area contributed by atoms with Crippen molar-refractivity contribution in [3.05, 3.63) is 0 Å². The van der Waals surface area contributed by atoms with Gasteiger partial charge in [0.1, 0.15) is 0 Å². The van der Waals surface area contributed by atoms with Gasteiger partial charge in [0.05, 0.1) is 12.5 Å². The van der Waals surface area contributed by atoms with E-state index in [0.29, 0.717) is 11.8 Å². The molecular weight excluding hydrogens is 204 g/mol. The van der Waals surface area contributed by atoms with Gasteiger partial charge >= 0.3 is 5.97 Å². The van der Waals surface area contributed by atoms with Gasteiger partial charge < -0.3 is 16.2 Å². The predicted octanol–water partition coefficient (Wildman–Crippen LogP) is -0.344. The zero-order chi connectivity index (χ0) is 11.1. The van der Waals surface area contributed by atoms with E-state index in [-0.39, 0.29) is 6.42 Å². The number of aliphatic carboxylic acids is 1. The fraction of sp³-hybridized carbons (Fsp3) is 0.750. The Bertz CT molecular complexity index is 211. The predicted molar refractivity (Wildman–Crippen MR) is 56.2 cm³/mol. The third-order valence-corrected chi connectivity index (χ3v) is 2.67. The third-order valence-electron chi connectivity index (χ3n) is 1.70. The third kappa shape index (κ3) is 5.82. The van der Waals surface area contributed by atoms with Crippen LogP contribution in [0.15, 0.2) is 0 Å². The highest BCUT2D eigenvalue weighted by atomic mass is 32.2. The minimum Gasteiger partial charge on any atom is -0.481 e. The van der Waals surface area contributed by atoms with Crippen LogP contribution in [0.2, 0.25) is 0 Å². The lowest BCUT2D eigenvalue weighted by Gasteiger charge is -2.12. The summed E-state index contributed by atoms with van der Waals surface area (Å²) in [6.45, 7) is 2.47. The van der Waals surface area contributed by atoms with Crippen LogP contribution in [0.5, 0.6) is 0 Å². The smallest absolute Gasteiger partial charge is 0.305 e. The zero-order valence-corrected chi connectivity index (χ0v) is 9.13. The van der Waals surface area contributed by atoms with Crippen LogP contribution in [0.4, 0.5) is 0 Å². The Labute approximate surface area is 87.4 Å². The van der Waals surface area contributed by atoms with Crippen LogP contribution >= 0.6 is 11.8 Å². The first-order chi connectivity index (χ1) is 6.47. The van der Waals surface area contributed by atoms with Crippen LogP contribution in [0, 0.1) is 0 Å². The molecule has 6 heteroatoms. The lowest BCUT2D eigenvalue weighted by Crippen LogP contribution is -2.43. The number of carboxylic acid groups (broad SMARTS) is 1. The number of thioether (sulfide) groups is 1. The molecule has 2 unspecified atom stereocenters. The number of amides is 1. The molecule has 82 valence electrons. The van der Waals surface area contributed by atoms with Crippen LogP contribution in [-0.2, 0) is 9.59 Å². The molecule has 0 heterocycles. The fourth-order valence-corrected chi connectivity index (χ4v) is 0.990. The first kappa shape index (κ1) is 13.2. The van der Waals surface area contributed by atoms with Crippen LogP contribution in [-0.4, -0.2) is 41.1 Å². The van der Waals surface area contributed by atoms with Crippen molar-refractivity contribution in [1.29, 1.82) is 0 Å². The highest BCUT2D eigenvalue weighted by Crippen LogP contribution is 2.02. The van der Waals surface area contributed by atoms with E-state index in [1.807, 2.05) is 13.2 Å². The summed E-state index contributed by atoms with van der Waals surface area (Å²) in [5.41, 5.74) is 5.35. The second-order valence-corrected chi connectivity index (χ2v) is 4.27. The maximum Gasteiger partial charge on any atom is 0.305 e. The number of carbonyl (C=O) groups is 2. The average molecular weight is 220 g/mol. The molecule has 0 aromatic carbocycles. The van der Waals surface area contributed by atoms with Crippen molar-refractivity contribution < 1.29 is 14.7 Å². The van der Waals surface area contributed by atoms with Crippen molar-refractivity contribution in [2.75, 3.05) is 12.8 Å². The van der Waals surface area contributed by atoms with Crippen molar-refractivity contribution in [2.45, 2.75) is 24.6 Å². The maximum atomic E-state index is 11.2. The summed E-state index contributed by atoms with van der Waals surface area (Å²) < 4.78 is 0. The van der Waals surface area contributed by atoms with E-state index in [1.54, 1.807) is 11.8 Å². The lowest BCUT2D eigenvalue weighted by molar-refractivity contribution is -0.139. The molecule has 0 aliphatic carbocycles. The largest absolute Gasteiger partial charge is 0.481 e. The van der Waals surface area contributed by atoms with Gasteiger partial charge in [-0.2, -0.15) is 11.8 Å². The Balaban J connectivity index is 3.78. The molecule has 2 atom stereocenters. The van der Waals surface area contributed by atoms with Gasteiger partial charge in [0.25, 0.3) is 0 Å². The van der Waals surface area contributed by atoms with Gasteiger partial charge in [0, 0.05) is 11.8 Å². The molecule has 0 aliphatic rings. The molecular formula is C8H16N2O3S. The number of rotatable bonds is 6. The topological polar surface area (TPSA) is 92.4 Å². The summed E-state index contributed by atoms with van der Waals surface area (Å²) in [4.78, 5) is 21.4. The summed E-state index contributed by atoms with van der Waals surface area (Å²) in [5.74, 6) is -1.47. The van der Waals surface area contributed by atoms with E-state index in [9.17, 15) is 9.59 Å². The summed E-state index contributed by atoms with van der Waals surface area (Å²) in [5, 5.41) is 11.3. The molecule has 0 spiro atoms. The minimum absolute atomic E-state index is 0.302. The van der Waals surface area contributed by atoms with Crippen LogP contribution in [0.25, 0.3) is 0 Å². The Hall–Kier alpha value is -0.750.